The van der Waals surface area contributed by atoms with E-state index in [1.54, 1.807) is 30.2 Å². The third-order valence-corrected chi connectivity index (χ3v) is 6.64. The summed E-state index contributed by atoms with van der Waals surface area (Å²) in [4.78, 5) is 28.5. The number of rotatable bonds is 8. The Morgan fingerprint density at radius 3 is 2.53 bits per heavy atom. The van der Waals surface area contributed by atoms with E-state index < -0.39 is 6.04 Å². The maximum atomic E-state index is 13.9. The predicted octanol–water partition coefficient (Wildman–Crippen LogP) is 4.34. The molecule has 0 aromatic heterocycles. The zero-order valence-corrected chi connectivity index (χ0v) is 20.0. The Bertz CT molecular complexity index is 1000. The maximum absolute atomic E-state index is 13.9. The summed E-state index contributed by atoms with van der Waals surface area (Å²) in [5, 5.41) is 2.96. The van der Waals surface area contributed by atoms with Crippen molar-refractivity contribution in [2.45, 2.75) is 63.6 Å². The normalized spacial score (nSPS) is 18.6. The minimum Gasteiger partial charge on any atom is -0.497 e. The summed E-state index contributed by atoms with van der Waals surface area (Å²) in [6.45, 7) is 0.920. The summed E-state index contributed by atoms with van der Waals surface area (Å²) >= 11 is 0. The average molecular weight is 467 g/mol. The van der Waals surface area contributed by atoms with Gasteiger partial charge >= 0.3 is 0 Å². The molecule has 1 heterocycles. The van der Waals surface area contributed by atoms with Crippen LogP contribution in [0.25, 0.3) is 0 Å². The second kappa shape index (κ2) is 11.3. The number of ether oxygens (including phenoxy) is 3. The zero-order chi connectivity index (χ0) is 23.9. The molecule has 1 aliphatic carbocycles. The van der Waals surface area contributed by atoms with Crippen molar-refractivity contribution in [3.05, 3.63) is 53.6 Å². The molecule has 34 heavy (non-hydrogen) atoms. The first-order chi connectivity index (χ1) is 16.6. The lowest BCUT2D eigenvalue weighted by atomic mass is 10.0. The van der Waals surface area contributed by atoms with Crippen LogP contribution in [0.2, 0.25) is 0 Å². The van der Waals surface area contributed by atoms with Gasteiger partial charge in [-0.05, 0) is 80.8 Å². The average Bonchev–Trinajstić information content (AvgIpc) is 3.28. The number of nitrogens with one attached hydrogen (secondary N) is 1. The van der Waals surface area contributed by atoms with E-state index in [2.05, 4.69) is 5.32 Å². The van der Waals surface area contributed by atoms with Gasteiger partial charge in [0.05, 0.1) is 25.9 Å². The van der Waals surface area contributed by atoms with Gasteiger partial charge in [0.1, 0.15) is 23.3 Å². The van der Waals surface area contributed by atoms with Crippen LogP contribution in [0.4, 0.5) is 0 Å². The van der Waals surface area contributed by atoms with E-state index >= 15 is 0 Å². The van der Waals surface area contributed by atoms with Crippen LogP contribution >= 0.6 is 0 Å². The van der Waals surface area contributed by atoms with Crippen LogP contribution in [0, 0.1) is 0 Å². The minimum atomic E-state index is -0.565. The summed E-state index contributed by atoms with van der Waals surface area (Å²) in [6.07, 6.45) is 7.19. The number of hydrogen-bond acceptors (Lipinski definition) is 5. The molecule has 0 unspecified atom stereocenters. The van der Waals surface area contributed by atoms with Crippen LogP contribution < -0.4 is 19.5 Å². The van der Waals surface area contributed by atoms with Gasteiger partial charge < -0.3 is 24.4 Å². The molecule has 2 aromatic carbocycles. The fraction of sp³-hybridized carbons (Fsp3) is 0.481. The molecule has 1 saturated carbocycles. The van der Waals surface area contributed by atoms with Crippen molar-refractivity contribution in [1.29, 1.82) is 0 Å². The van der Waals surface area contributed by atoms with Crippen molar-refractivity contribution in [3.8, 4) is 17.2 Å². The highest BCUT2D eigenvalue weighted by Gasteiger charge is 2.33. The Balaban J connectivity index is 1.65. The van der Waals surface area contributed by atoms with Crippen LogP contribution in [0.15, 0.2) is 42.5 Å². The molecule has 4 rings (SSSR count). The summed E-state index contributed by atoms with van der Waals surface area (Å²) in [5.41, 5.74) is 1.29. The summed E-state index contributed by atoms with van der Waals surface area (Å²) in [7, 11) is 3.09. The van der Waals surface area contributed by atoms with Crippen molar-refractivity contribution < 1.29 is 23.8 Å². The molecule has 0 radical (unpaired) electrons. The lowest BCUT2D eigenvalue weighted by Crippen LogP contribution is -2.48. The van der Waals surface area contributed by atoms with Gasteiger partial charge in [0.2, 0.25) is 5.91 Å². The third kappa shape index (κ3) is 5.64. The van der Waals surface area contributed by atoms with E-state index in [0.29, 0.717) is 36.6 Å². The number of benzene rings is 2. The standard InChI is InChI=1S/C27H34N2O5/c1-32-21-13-14-25(33-2)23(17-21)27(31)29(24-12-5-6-15-28-26(24)30)18-19-8-7-11-22(16-19)34-20-9-3-4-10-20/h7-8,11,13-14,16-17,20,24H,3-6,9-10,12,15,18H2,1-2H3,(H,28,30)/t24-/m0/s1. The van der Waals surface area contributed by atoms with Crippen molar-refractivity contribution >= 4 is 11.8 Å². The Labute approximate surface area is 201 Å². The Morgan fingerprint density at radius 2 is 1.76 bits per heavy atom. The number of hydrogen-bond donors (Lipinski definition) is 1. The van der Waals surface area contributed by atoms with E-state index in [4.69, 9.17) is 14.2 Å². The van der Waals surface area contributed by atoms with E-state index in [-0.39, 0.29) is 17.9 Å². The summed E-state index contributed by atoms with van der Waals surface area (Å²) in [5.74, 6) is 1.43. The van der Waals surface area contributed by atoms with Gasteiger partial charge in [0.15, 0.2) is 0 Å². The van der Waals surface area contributed by atoms with Crippen molar-refractivity contribution in [2.75, 3.05) is 20.8 Å². The molecule has 0 bridgehead atoms. The lowest BCUT2D eigenvalue weighted by Gasteiger charge is -2.31. The topological polar surface area (TPSA) is 77.1 Å². The minimum absolute atomic E-state index is 0.119. The number of methoxy groups -OCH3 is 2. The van der Waals surface area contributed by atoms with Gasteiger partial charge in [-0.15, -0.1) is 0 Å². The molecule has 7 heteroatoms. The Kier molecular flexibility index (Phi) is 7.93. The molecule has 2 amide bonds. The predicted molar refractivity (Wildman–Crippen MR) is 129 cm³/mol. The molecular formula is C27H34N2O5. The highest BCUT2D eigenvalue weighted by atomic mass is 16.5. The molecule has 1 saturated heterocycles. The molecule has 182 valence electrons. The van der Waals surface area contributed by atoms with Crippen LogP contribution in [-0.4, -0.2) is 49.6 Å². The number of nitrogens with zero attached hydrogens (tertiary/aromatic N) is 1. The fourth-order valence-electron chi connectivity index (χ4n) is 4.79. The Morgan fingerprint density at radius 1 is 0.971 bits per heavy atom. The van der Waals surface area contributed by atoms with E-state index in [1.165, 1.54) is 20.0 Å². The van der Waals surface area contributed by atoms with Crippen molar-refractivity contribution in [2.24, 2.45) is 0 Å². The second-order valence-corrected chi connectivity index (χ2v) is 8.97. The molecule has 1 atom stereocenters. The molecular weight excluding hydrogens is 432 g/mol. The largest absolute Gasteiger partial charge is 0.497 e. The van der Waals surface area contributed by atoms with Crippen LogP contribution in [-0.2, 0) is 11.3 Å². The van der Waals surface area contributed by atoms with Crippen molar-refractivity contribution in [1.82, 2.24) is 10.2 Å². The second-order valence-electron chi connectivity index (χ2n) is 8.97. The third-order valence-electron chi connectivity index (χ3n) is 6.64. The Hall–Kier alpha value is -3.22. The highest BCUT2D eigenvalue weighted by molar-refractivity contribution is 6.00. The molecule has 2 aromatic rings. The highest BCUT2D eigenvalue weighted by Crippen LogP contribution is 2.29. The van der Waals surface area contributed by atoms with E-state index in [1.807, 2.05) is 24.3 Å². The van der Waals surface area contributed by atoms with Gasteiger partial charge in [-0.3, -0.25) is 9.59 Å². The zero-order valence-electron chi connectivity index (χ0n) is 20.0. The molecule has 1 N–H and O–H groups in total. The molecule has 0 spiro atoms. The maximum Gasteiger partial charge on any atom is 0.258 e. The number of amides is 2. The van der Waals surface area contributed by atoms with Crippen LogP contribution in [0.3, 0.4) is 0 Å². The fourth-order valence-corrected chi connectivity index (χ4v) is 4.79. The first kappa shape index (κ1) is 23.9. The quantitative estimate of drug-likeness (QED) is 0.626. The van der Waals surface area contributed by atoms with Gasteiger partial charge in [-0.2, -0.15) is 0 Å². The molecule has 2 aliphatic rings. The molecule has 2 fully saturated rings. The van der Waals surface area contributed by atoms with Gasteiger partial charge in [-0.1, -0.05) is 12.1 Å². The van der Waals surface area contributed by atoms with Crippen molar-refractivity contribution in [3.63, 3.8) is 0 Å². The summed E-state index contributed by atoms with van der Waals surface area (Å²) < 4.78 is 17.0. The first-order valence-corrected chi connectivity index (χ1v) is 12.2. The first-order valence-electron chi connectivity index (χ1n) is 12.2. The summed E-state index contributed by atoms with van der Waals surface area (Å²) in [6, 6.07) is 12.4. The monoisotopic (exact) mass is 466 g/mol. The van der Waals surface area contributed by atoms with Crippen LogP contribution in [0.5, 0.6) is 17.2 Å². The SMILES string of the molecule is COc1ccc(OC)c(C(=O)N(Cc2cccc(OC3CCCC3)c2)[C@H]2CCCCNC2=O)c1. The lowest BCUT2D eigenvalue weighted by molar-refractivity contribution is -0.125. The smallest absolute Gasteiger partial charge is 0.258 e. The number of carbonyl (C=O) groups is 2. The van der Waals surface area contributed by atoms with E-state index in [9.17, 15) is 9.59 Å². The number of carbonyl (C=O) groups excluding carboxylic acids is 2. The van der Waals surface area contributed by atoms with Gasteiger partial charge in [0, 0.05) is 13.1 Å². The molecule has 1 aliphatic heterocycles. The molecule has 7 nitrogen and oxygen atoms in total. The van der Waals surface area contributed by atoms with Crippen LogP contribution in [0.1, 0.15) is 60.9 Å². The van der Waals surface area contributed by atoms with Gasteiger partial charge in [0.25, 0.3) is 5.91 Å². The van der Waals surface area contributed by atoms with Gasteiger partial charge in [-0.25, -0.2) is 0 Å². The van der Waals surface area contributed by atoms with E-state index in [0.717, 1.165) is 37.0 Å².